The van der Waals surface area contributed by atoms with Crippen molar-refractivity contribution < 1.29 is 12.8 Å². The smallest absolute Gasteiger partial charge is 0.243 e. The van der Waals surface area contributed by atoms with E-state index in [1.165, 1.54) is 24.3 Å². The van der Waals surface area contributed by atoms with Crippen LogP contribution < -0.4 is 0 Å². The third-order valence-electron chi connectivity index (χ3n) is 4.48. The topological polar surface area (TPSA) is 50.3 Å². The van der Waals surface area contributed by atoms with Crippen LogP contribution in [0.1, 0.15) is 31.2 Å². The first-order valence-electron chi connectivity index (χ1n) is 8.24. The molecular formula is C18H21FN2O2S. The monoisotopic (exact) mass is 348 g/mol. The minimum atomic E-state index is -3.58. The number of hydrogen-bond acceptors (Lipinski definition) is 3. The summed E-state index contributed by atoms with van der Waals surface area (Å²) < 4.78 is 40.5. The summed E-state index contributed by atoms with van der Waals surface area (Å²) in [6.07, 6.45) is 7.88. The number of rotatable bonds is 5. The van der Waals surface area contributed by atoms with Crippen LogP contribution in [0.2, 0.25) is 0 Å². The molecule has 2 heterocycles. The van der Waals surface area contributed by atoms with E-state index in [2.05, 4.69) is 4.98 Å². The van der Waals surface area contributed by atoms with Gasteiger partial charge in [-0.05, 0) is 61.6 Å². The van der Waals surface area contributed by atoms with E-state index in [0.717, 1.165) is 37.7 Å². The van der Waals surface area contributed by atoms with E-state index in [1.807, 2.05) is 18.3 Å². The average molecular weight is 348 g/mol. The van der Waals surface area contributed by atoms with Crippen LogP contribution in [0.25, 0.3) is 0 Å². The third-order valence-corrected chi connectivity index (χ3v) is 6.45. The lowest BCUT2D eigenvalue weighted by atomic mass is 9.98. The van der Waals surface area contributed by atoms with Gasteiger partial charge in [0.1, 0.15) is 5.82 Å². The molecule has 1 aromatic carbocycles. The highest BCUT2D eigenvalue weighted by molar-refractivity contribution is 7.89. The molecule has 2 aromatic rings. The van der Waals surface area contributed by atoms with E-state index in [0.29, 0.717) is 6.54 Å². The molecule has 1 saturated heterocycles. The molecule has 24 heavy (non-hydrogen) atoms. The number of aromatic nitrogens is 1. The zero-order valence-electron chi connectivity index (χ0n) is 13.4. The summed E-state index contributed by atoms with van der Waals surface area (Å²) in [5.74, 6) is -0.430. The van der Waals surface area contributed by atoms with Gasteiger partial charge in [-0.15, -0.1) is 0 Å². The Balaban J connectivity index is 1.77. The molecule has 0 N–H and O–H groups in total. The molecule has 1 aromatic heterocycles. The molecule has 1 atom stereocenters. The molecule has 1 aliphatic heterocycles. The second kappa shape index (κ2) is 7.40. The van der Waals surface area contributed by atoms with Crippen LogP contribution in [0, 0.1) is 5.82 Å². The summed E-state index contributed by atoms with van der Waals surface area (Å²) in [6, 6.07) is 8.96. The van der Waals surface area contributed by atoms with Crippen LogP contribution in [-0.4, -0.2) is 30.3 Å². The van der Waals surface area contributed by atoms with Crippen molar-refractivity contribution in [3.05, 3.63) is 60.2 Å². The standard InChI is InChI=1S/C18H21FN2O2S/c19-16-7-10-18(11-8-16)24(22,23)21-13-2-1-5-17(21)9-6-15-4-3-12-20-14-15/h3-4,7-8,10-12,14,17H,1-2,5-6,9,13H2. The van der Waals surface area contributed by atoms with Gasteiger partial charge in [0.25, 0.3) is 0 Å². The van der Waals surface area contributed by atoms with E-state index in [9.17, 15) is 12.8 Å². The first kappa shape index (κ1) is 17.0. The van der Waals surface area contributed by atoms with Crippen molar-refractivity contribution >= 4 is 10.0 Å². The largest absolute Gasteiger partial charge is 0.264 e. The second-order valence-electron chi connectivity index (χ2n) is 6.12. The summed E-state index contributed by atoms with van der Waals surface area (Å²) >= 11 is 0. The van der Waals surface area contributed by atoms with Gasteiger partial charge in [0.2, 0.25) is 10.0 Å². The predicted molar refractivity (Wildman–Crippen MR) is 90.5 cm³/mol. The van der Waals surface area contributed by atoms with E-state index < -0.39 is 15.8 Å². The van der Waals surface area contributed by atoms with Crippen LogP contribution in [0.5, 0.6) is 0 Å². The van der Waals surface area contributed by atoms with Crippen molar-refractivity contribution in [3.8, 4) is 0 Å². The lowest BCUT2D eigenvalue weighted by Crippen LogP contribution is -2.43. The Morgan fingerprint density at radius 3 is 2.67 bits per heavy atom. The van der Waals surface area contributed by atoms with E-state index in [1.54, 1.807) is 10.5 Å². The number of benzene rings is 1. The summed E-state index contributed by atoms with van der Waals surface area (Å²) in [4.78, 5) is 4.27. The number of piperidine rings is 1. The van der Waals surface area contributed by atoms with Crippen molar-refractivity contribution in [3.63, 3.8) is 0 Å². The van der Waals surface area contributed by atoms with Crippen molar-refractivity contribution in [2.45, 2.75) is 43.0 Å². The Bertz CT molecular complexity index is 763. The average Bonchev–Trinajstić information content (AvgIpc) is 2.61. The zero-order chi connectivity index (χ0) is 17.0. The fourth-order valence-corrected chi connectivity index (χ4v) is 4.92. The lowest BCUT2D eigenvalue weighted by molar-refractivity contribution is 0.241. The van der Waals surface area contributed by atoms with Gasteiger partial charge in [0.15, 0.2) is 0 Å². The zero-order valence-corrected chi connectivity index (χ0v) is 14.3. The number of nitrogens with zero attached hydrogens (tertiary/aromatic N) is 2. The minimum absolute atomic E-state index is 0.0194. The van der Waals surface area contributed by atoms with Gasteiger partial charge in [0.05, 0.1) is 4.90 Å². The number of halogens is 1. The van der Waals surface area contributed by atoms with E-state index in [-0.39, 0.29) is 10.9 Å². The Labute approximate surface area is 142 Å². The molecular weight excluding hydrogens is 327 g/mol. The van der Waals surface area contributed by atoms with Crippen molar-refractivity contribution in [2.75, 3.05) is 6.54 Å². The molecule has 0 amide bonds. The second-order valence-corrected chi connectivity index (χ2v) is 8.01. The molecule has 6 heteroatoms. The van der Waals surface area contributed by atoms with Crippen LogP contribution in [0.3, 0.4) is 0 Å². The lowest BCUT2D eigenvalue weighted by Gasteiger charge is -2.34. The summed E-state index contributed by atoms with van der Waals surface area (Å²) in [5, 5.41) is 0. The fraction of sp³-hybridized carbons (Fsp3) is 0.389. The maximum atomic E-state index is 13.1. The molecule has 4 nitrogen and oxygen atoms in total. The predicted octanol–water partition coefficient (Wildman–Crippen LogP) is 3.40. The Kier molecular flexibility index (Phi) is 5.26. The van der Waals surface area contributed by atoms with Gasteiger partial charge in [-0.25, -0.2) is 12.8 Å². The van der Waals surface area contributed by atoms with Gasteiger partial charge in [0, 0.05) is 25.0 Å². The molecule has 1 aliphatic rings. The van der Waals surface area contributed by atoms with Crippen LogP contribution in [0.15, 0.2) is 53.7 Å². The first-order chi connectivity index (χ1) is 11.6. The van der Waals surface area contributed by atoms with Gasteiger partial charge in [-0.3, -0.25) is 4.98 Å². The number of hydrogen-bond donors (Lipinski definition) is 0. The quantitative estimate of drug-likeness (QED) is 0.832. The Morgan fingerprint density at radius 1 is 1.17 bits per heavy atom. The fourth-order valence-electron chi connectivity index (χ4n) is 3.20. The Hall–Kier alpha value is -1.79. The maximum Gasteiger partial charge on any atom is 0.243 e. The number of sulfonamides is 1. The highest BCUT2D eigenvalue weighted by atomic mass is 32.2. The van der Waals surface area contributed by atoms with E-state index in [4.69, 9.17) is 0 Å². The van der Waals surface area contributed by atoms with Crippen molar-refractivity contribution in [1.82, 2.24) is 9.29 Å². The number of pyridine rings is 1. The van der Waals surface area contributed by atoms with E-state index >= 15 is 0 Å². The molecule has 1 fully saturated rings. The van der Waals surface area contributed by atoms with Gasteiger partial charge in [-0.1, -0.05) is 12.5 Å². The molecule has 1 unspecified atom stereocenters. The first-order valence-corrected chi connectivity index (χ1v) is 9.68. The van der Waals surface area contributed by atoms with Crippen molar-refractivity contribution in [1.29, 1.82) is 0 Å². The maximum absolute atomic E-state index is 13.1. The molecule has 0 bridgehead atoms. The van der Waals surface area contributed by atoms with Gasteiger partial charge >= 0.3 is 0 Å². The molecule has 0 spiro atoms. The molecule has 0 saturated carbocycles. The highest BCUT2D eigenvalue weighted by Crippen LogP contribution is 2.28. The van der Waals surface area contributed by atoms with Crippen molar-refractivity contribution in [2.24, 2.45) is 0 Å². The summed E-state index contributed by atoms with van der Waals surface area (Å²) in [5.41, 5.74) is 1.11. The molecule has 128 valence electrons. The highest BCUT2D eigenvalue weighted by Gasteiger charge is 2.33. The van der Waals surface area contributed by atoms with Crippen LogP contribution in [0.4, 0.5) is 4.39 Å². The Morgan fingerprint density at radius 2 is 1.96 bits per heavy atom. The van der Waals surface area contributed by atoms with Gasteiger partial charge in [-0.2, -0.15) is 4.31 Å². The summed E-state index contributed by atoms with van der Waals surface area (Å²) in [6.45, 7) is 0.525. The SMILES string of the molecule is O=S(=O)(c1ccc(F)cc1)N1CCCCC1CCc1cccnc1. The summed E-state index contributed by atoms with van der Waals surface area (Å²) in [7, 11) is -3.58. The third kappa shape index (κ3) is 3.82. The normalized spacial score (nSPS) is 19.3. The van der Waals surface area contributed by atoms with Crippen LogP contribution >= 0.6 is 0 Å². The number of aryl methyl sites for hydroxylation is 1. The minimum Gasteiger partial charge on any atom is -0.264 e. The van der Waals surface area contributed by atoms with Gasteiger partial charge < -0.3 is 0 Å². The molecule has 0 aliphatic carbocycles. The molecule has 3 rings (SSSR count). The van der Waals surface area contributed by atoms with Crippen LogP contribution in [-0.2, 0) is 16.4 Å². The molecule has 0 radical (unpaired) electrons.